The number of ether oxygens (including phenoxy) is 1. The minimum atomic E-state index is 0.280. The van der Waals surface area contributed by atoms with Crippen LogP contribution in [0.5, 0.6) is 0 Å². The van der Waals surface area contributed by atoms with E-state index >= 15 is 0 Å². The highest BCUT2D eigenvalue weighted by Crippen LogP contribution is 2.42. The quantitative estimate of drug-likeness (QED) is 0.726. The van der Waals surface area contributed by atoms with E-state index in [2.05, 4.69) is 0 Å². The van der Waals surface area contributed by atoms with Crippen LogP contribution in [0.4, 0.5) is 0 Å². The smallest absolute Gasteiger partial charge is 0.0687 e. The third-order valence-corrected chi connectivity index (χ3v) is 4.04. The second-order valence-corrected chi connectivity index (χ2v) is 5.24. The molecule has 1 N–H and O–H groups in total. The van der Waals surface area contributed by atoms with Gasteiger partial charge in [-0.25, -0.2) is 0 Å². The molecule has 0 bridgehead atoms. The first kappa shape index (κ1) is 11.4. The van der Waals surface area contributed by atoms with Crippen molar-refractivity contribution in [1.82, 2.24) is 0 Å². The fraction of sp³-hybridized carbons (Fsp3) is 1.00. The van der Waals surface area contributed by atoms with Gasteiger partial charge in [-0.3, -0.25) is 0 Å². The zero-order chi connectivity index (χ0) is 10.6. The molecule has 0 radical (unpaired) electrons. The van der Waals surface area contributed by atoms with Gasteiger partial charge in [0.2, 0.25) is 0 Å². The monoisotopic (exact) mass is 212 g/mol. The summed E-state index contributed by atoms with van der Waals surface area (Å²) in [5.74, 6) is 0. The molecule has 1 saturated carbocycles. The Morgan fingerprint density at radius 2 is 1.87 bits per heavy atom. The summed E-state index contributed by atoms with van der Waals surface area (Å²) in [4.78, 5) is 0. The lowest BCUT2D eigenvalue weighted by atomic mass is 9.83. The molecule has 1 aliphatic carbocycles. The van der Waals surface area contributed by atoms with E-state index in [-0.39, 0.29) is 5.60 Å². The molecule has 0 aromatic rings. The molecule has 1 heterocycles. The predicted molar refractivity (Wildman–Crippen MR) is 60.9 cm³/mol. The van der Waals surface area contributed by atoms with Crippen LogP contribution in [-0.4, -0.2) is 23.4 Å². The fourth-order valence-corrected chi connectivity index (χ4v) is 3.15. The van der Waals surface area contributed by atoms with Gasteiger partial charge >= 0.3 is 0 Å². The maximum atomic E-state index is 8.74. The summed E-state index contributed by atoms with van der Waals surface area (Å²) in [6, 6.07) is 0. The van der Waals surface area contributed by atoms with Crippen LogP contribution < -0.4 is 0 Å². The summed E-state index contributed by atoms with van der Waals surface area (Å²) in [6.45, 7) is 0.331. The first-order chi connectivity index (χ1) is 7.35. The van der Waals surface area contributed by atoms with Crippen molar-refractivity contribution in [3.8, 4) is 0 Å². The Balaban J connectivity index is 1.73. The van der Waals surface area contributed by atoms with Gasteiger partial charge in [-0.1, -0.05) is 19.3 Å². The van der Waals surface area contributed by atoms with E-state index < -0.39 is 0 Å². The SMILES string of the molecule is OCCCCC1CCC2(CCCCC2)O1. The van der Waals surface area contributed by atoms with Crippen LogP contribution in [0.25, 0.3) is 0 Å². The lowest BCUT2D eigenvalue weighted by Gasteiger charge is -2.33. The fourth-order valence-electron chi connectivity index (χ4n) is 3.15. The van der Waals surface area contributed by atoms with Crippen molar-refractivity contribution in [1.29, 1.82) is 0 Å². The van der Waals surface area contributed by atoms with Crippen LogP contribution in [0.2, 0.25) is 0 Å². The van der Waals surface area contributed by atoms with Crippen molar-refractivity contribution in [2.24, 2.45) is 0 Å². The molecular formula is C13H24O2. The maximum Gasteiger partial charge on any atom is 0.0687 e. The Morgan fingerprint density at radius 3 is 2.60 bits per heavy atom. The number of aliphatic hydroxyl groups is 1. The zero-order valence-electron chi connectivity index (χ0n) is 9.71. The van der Waals surface area contributed by atoms with Crippen molar-refractivity contribution >= 4 is 0 Å². The van der Waals surface area contributed by atoms with E-state index in [1.54, 1.807) is 0 Å². The highest BCUT2D eigenvalue weighted by Gasteiger charge is 2.40. The van der Waals surface area contributed by atoms with Gasteiger partial charge in [0.15, 0.2) is 0 Å². The van der Waals surface area contributed by atoms with Crippen molar-refractivity contribution in [2.75, 3.05) is 6.61 Å². The van der Waals surface area contributed by atoms with Crippen LogP contribution in [0.1, 0.15) is 64.2 Å². The Morgan fingerprint density at radius 1 is 1.07 bits per heavy atom. The highest BCUT2D eigenvalue weighted by molar-refractivity contribution is 4.91. The average Bonchev–Trinajstić information content (AvgIpc) is 2.63. The van der Waals surface area contributed by atoms with Crippen LogP contribution in [0.3, 0.4) is 0 Å². The van der Waals surface area contributed by atoms with E-state index in [9.17, 15) is 0 Å². The minimum absolute atomic E-state index is 0.280. The largest absolute Gasteiger partial charge is 0.396 e. The van der Waals surface area contributed by atoms with Crippen molar-refractivity contribution < 1.29 is 9.84 Å². The molecule has 15 heavy (non-hydrogen) atoms. The normalized spacial score (nSPS) is 29.8. The van der Waals surface area contributed by atoms with Gasteiger partial charge in [0.25, 0.3) is 0 Å². The van der Waals surface area contributed by atoms with E-state index in [0.717, 1.165) is 19.3 Å². The van der Waals surface area contributed by atoms with Gasteiger partial charge in [0, 0.05) is 6.61 Å². The molecule has 2 heteroatoms. The van der Waals surface area contributed by atoms with Crippen LogP contribution >= 0.6 is 0 Å². The maximum absolute atomic E-state index is 8.74. The molecule has 1 spiro atoms. The molecule has 1 saturated heterocycles. The first-order valence-corrected chi connectivity index (χ1v) is 6.63. The second kappa shape index (κ2) is 5.31. The van der Waals surface area contributed by atoms with Gasteiger partial charge in [-0.05, 0) is 44.9 Å². The molecule has 0 aromatic heterocycles. The molecule has 1 aliphatic heterocycles. The van der Waals surface area contributed by atoms with E-state index in [0.29, 0.717) is 12.7 Å². The highest BCUT2D eigenvalue weighted by atomic mass is 16.5. The second-order valence-electron chi connectivity index (χ2n) is 5.24. The van der Waals surface area contributed by atoms with E-state index in [1.165, 1.54) is 44.9 Å². The lowest BCUT2D eigenvalue weighted by molar-refractivity contribution is -0.0662. The molecule has 1 unspecified atom stereocenters. The van der Waals surface area contributed by atoms with Gasteiger partial charge in [-0.2, -0.15) is 0 Å². The molecule has 2 nitrogen and oxygen atoms in total. The molecule has 2 aliphatic rings. The van der Waals surface area contributed by atoms with E-state index in [1.807, 2.05) is 0 Å². The van der Waals surface area contributed by atoms with Crippen molar-refractivity contribution in [2.45, 2.75) is 75.9 Å². The number of hydrogen-bond acceptors (Lipinski definition) is 2. The van der Waals surface area contributed by atoms with E-state index in [4.69, 9.17) is 9.84 Å². The lowest BCUT2D eigenvalue weighted by Crippen LogP contribution is -2.31. The summed E-state index contributed by atoms with van der Waals surface area (Å²) in [5.41, 5.74) is 0.280. The summed E-state index contributed by atoms with van der Waals surface area (Å²) in [6.07, 6.45) is 13.0. The number of unbranched alkanes of at least 4 members (excludes halogenated alkanes) is 1. The van der Waals surface area contributed by atoms with Gasteiger partial charge < -0.3 is 9.84 Å². The van der Waals surface area contributed by atoms with Crippen LogP contribution in [0, 0.1) is 0 Å². The molecule has 88 valence electrons. The third kappa shape index (κ3) is 2.94. The molecular weight excluding hydrogens is 188 g/mol. The first-order valence-electron chi connectivity index (χ1n) is 6.63. The summed E-state index contributed by atoms with van der Waals surface area (Å²) < 4.78 is 6.25. The molecule has 0 amide bonds. The number of rotatable bonds is 4. The van der Waals surface area contributed by atoms with Crippen LogP contribution in [0.15, 0.2) is 0 Å². The Hall–Kier alpha value is -0.0800. The standard InChI is InChI=1S/C13H24O2/c14-11-5-2-6-12-7-10-13(15-12)8-3-1-4-9-13/h12,14H,1-11H2. The Labute approximate surface area is 93.0 Å². The predicted octanol–water partition coefficient (Wildman–Crippen LogP) is 3.03. The van der Waals surface area contributed by atoms with Gasteiger partial charge in [-0.15, -0.1) is 0 Å². The molecule has 1 atom stereocenters. The van der Waals surface area contributed by atoms with Crippen molar-refractivity contribution in [3.05, 3.63) is 0 Å². The van der Waals surface area contributed by atoms with Crippen LogP contribution in [-0.2, 0) is 4.74 Å². The topological polar surface area (TPSA) is 29.5 Å². The zero-order valence-corrected chi connectivity index (χ0v) is 9.71. The van der Waals surface area contributed by atoms with Gasteiger partial charge in [0.1, 0.15) is 0 Å². The molecule has 2 fully saturated rings. The Kier molecular flexibility index (Phi) is 4.04. The third-order valence-electron chi connectivity index (χ3n) is 4.04. The molecule has 0 aromatic carbocycles. The summed E-state index contributed by atoms with van der Waals surface area (Å²) in [5, 5.41) is 8.74. The van der Waals surface area contributed by atoms with Gasteiger partial charge in [0.05, 0.1) is 11.7 Å². The summed E-state index contributed by atoms with van der Waals surface area (Å²) >= 11 is 0. The van der Waals surface area contributed by atoms with Crippen molar-refractivity contribution in [3.63, 3.8) is 0 Å². The minimum Gasteiger partial charge on any atom is -0.396 e. The Bertz CT molecular complexity index is 183. The number of aliphatic hydroxyl groups excluding tert-OH is 1. The summed E-state index contributed by atoms with van der Waals surface area (Å²) in [7, 11) is 0. The average molecular weight is 212 g/mol. The number of hydrogen-bond donors (Lipinski definition) is 1. The molecule has 2 rings (SSSR count).